The monoisotopic (exact) mass is 559 g/mol. The number of alkyl halides is 3. The van der Waals surface area contributed by atoms with E-state index in [0.29, 0.717) is 51.8 Å². The van der Waals surface area contributed by atoms with Gasteiger partial charge >= 0.3 is 6.18 Å². The van der Waals surface area contributed by atoms with E-state index in [9.17, 15) is 22.8 Å². The average Bonchev–Trinajstić information content (AvgIpc) is 3.56. The van der Waals surface area contributed by atoms with Crippen LogP contribution in [0.5, 0.6) is 0 Å². The highest BCUT2D eigenvalue weighted by molar-refractivity contribution is 8.18. The zero-order valence-corrected chi connectivity index (χ0v) is 21.0. The van der Waals surface area contributed by atoms with E-state index >= 15 is 0 Å². The molecule has 4 heterocycles. The number of amidine groups is 1. The van der Waals surface area contributed by atoms with Gasteiger partial charge in [0, 0.05) is 17.0 Å². The number of carbonyl (C=O) groups is 1. The summed E-state index contributed by atoms with van der Waals surface area (Å²) >= 11 is 7.03. The molecule has 194 valence electrons. The first kappa shape index (κ1) is 24.6. The number of aliphatic imine (C=N–C) groups is 1. The predicted molar refractivity (Wildman–Crippen MR) is 137 cm³/mol. The van der Waals surface area contributed by atoms with Gasteiger partial charge in [0.2, 0.25) is 0 Å². The van der Waals surface area contributed by atoms with Crippen molar-refractivity contribution in [2.75, 3.05) is 6.54 Å². The van der Waals surface area contributed by atoms with E-state index < -0.39 is 11.7 Å². The highest BCUT2D eigenvalue weighted by Gasteiger charge is 2.34. The Kier molecular flexibility index (Phi) is 5.95. The lowest BCUT2D eigenvalue weighted by Crippen LogP contribution is -2.34. The van der Waals surface area contributed by atoms with Crippen molar-refractivity contribution >= 4 is 51.4 Å². The third kappa shape index (κ3) is 4.54. The number of halogens is 4. The van der Waals surface area contributed by atoms with Gasteiger partial charge in [0.25, 0.3) is 11.5 Å². The van der Waals surface area contributed by atoms with Crippen LogP contribution in [-0.2, 0) is 30.5 Å². The number of amides is 1. The third-order valence-electron chi connectivity index (χ3n) is 6.38. The van der Waals surface area contributed by atoms with Crippen molar-refractivity contribution in [3.05, 3.63) is 90.9 Å². The fourth-order valence-corrected chi connectivity index (χ4v) is 5.63. The van der Waals surface area contributed by atoms with Crippen molar-refractivity contribution in [1.82, 2.24) is 19.8 Å². The summed E-state index contributed by atoms with van der Waals surface area (Å²) in [6.07, 6.45) is -0.759. The Balaban J connectivity index is 1.21. The molecule has 0 saturated heterocycles. The number of hydrogen-bond acceptors (Lipinski definition) is 6. The summed E-state index contributed by atoms with van der Waals surface area (Å²) in [6.45, 7) is 0.798. The molecule has 2 aromatic carbocycles. The Morgan fingerprint density at radius 3 is 2.84 bits per heavy atom. The molecule has 0 bridgehead atoms. The molecular weight excluding hydrogens is 543 g/mol. The van der Waals surface area contributed by atoms with Crippen molar-refractivity contribution in [1.29, 1.82) is 0 Å². The van der Waals surface area contributed by atoms with Crippen molar-refractivity contribution in [2.45, 2.75) is 25.7 Å². The number of aromatic nitrogens is 3. The Morgan fingerprint density at radius 2 is 2.03 bits per heavy atom. The van der Waals surface area contributed by atoms with E-state index in [-0.39, 0.29) is 28.6 Å². The molecule has 2 aromatic heterocycles. The largest absolute Gasteiger partial charge is 0.416 e. The standard InChI is InChI=1S/C25H17ClF3N5O3S/c26-16-3-2-14(18(9-16)25(27,28)29)11-34-19-4-1-13(7-15(19)10-30-34)8-21-23(36)31-24(38-21)33-6-5-17-20(12-33)37-32-22(17)35/h1-4,7-10H,5-6,11-12H2,(H,32,35). The molecule has 2 aliphatic heterocycles. The van der Waals surface area contributed by atoms with Crippen LogP contribution < -0.4 is 5.56 Å². The van der Waals surface area contributed by atoms with E-state index in [1.807, 2.05) is 11.0 Å². The first-order valence-electron chi connectivity index (χ1n) is 11.4. The molecule has 38 heavy (non-hydrogen) atoms. The smallest absolute Gasteiger partial charge is 0.381 e. The maximum Gasteiger partial charge on any atom is 0.416 e. The van der Waals surface area contributed by atoms with Crippen molar-refractivity contribution in [3.63, 3.8) is 0 Å². The molecule has 8 nitrogen and oxygen atoms in total. The summed E-state index contributed by atoms with van der Waals surface area (Å²) in [4.78, 5) is 30.8. The molecule has 2 aliphatic rings. The van der Waals surface area contributed by atoms with Gasteiger partial charge in [0.1, 0.15) is 0 Å². The van der Waals surface area contributed by atoms with Gasteiger partial charge < -0.3 is 9.42 Å². The quantitative estimate of drug-likeness (QED) is 0.352. The van der Waals surface area contributed by atoms with Crippen LogP contribution in [0.4, 0.5) is 13.2 Å². The summed E-state index contributed by atoms with van der Waals surface area (Å²) in [6, 6.07) is 9.02. The lowest BCUT2D eigenvalue weighted by atomic mass is 10.1. The Labute approximate surface area is 221 Å². The van der Waals surface area contributed by atoms with Gasteiger partial charge in [-0.3, -0.25) is 14.3 Å². The van der Waals surface area contributed by atoms with Crippen molar-refractivity contribution in [2.24, 2.45) is 4.99 Å². The summed E-state index contributed by atoms with van der Waals surface area (Å²) < 4.78 is 47.2. The second-order valence-electron chi connectivity index (χ2n) is 8.84. The maximum atomic E-state index is 13.5. The molecule has 4 aromatic rings. The number of fused-ring (bicyclic) bond motifs is 2. The van der Waals surface area contributed by atoms with E-state index in [2.05, 4.69) is 15.2 Å². The molecule has 1 N–H and O–H groups in total. The summed E-state index contributed by atoms with van der Waals surface area (Å²) in [7, 11) is 0. The second kappa shape index (κ2) is 9.21. The topological polar surface area (TPSA) is 96.5 Å². The van der Waals surface area contributed by atoms with Crippen LogP contribution >= 0.6 is 23.4 Å². The van der Waals surface area contributed by atoms with Gasteiger partial charge in [0.15, 0.2) is 10.9 Å². The van der Waals surface area contributed by atoms with Gasteiger partial charge in [-0.2, -0.15) is 28.4 Å². The molecule has 0 spiro atoms. The first-order valence-corrected chi connectivity index (χ1v) is 12.6. The van der Waals surface area contributed by atoms with Crippen LogP contribution in [0.2, 0.25) is 5.02 Å². The van der Waals surface area contributed by atoms with Gasteiger partial charge in [-0.05, 0) is 59.7 Å². The molecule has 6 rings (SSSR count). The molecule has 1 amide bonds. The van der Waals surface area contributed by atoms with Gasteiger partial charge in [-0.15, -0.1) is 0 Å². The Bertz CT molecular complexity index is 1720. The average molecular weight is 560 g/mol. The number of nitrogens with one attached hydrogen (secondary N) is 1. The van der Waals surface area contributed by atoms with Crippen LogP contribution in [-0.4, -0.2) is 37.5 Å². The summed E-state index contributed by atoms with van der Waals surface area (Å²) in [5.41, 5.74) is 1.01. The predicted octanol–water partition coefficient (Wildman–Crippen LogP) is 5.07. The van der Waals surface area contributed by atoms with Crippen LogP contribution in [0.1, 0.15) is 28.0 Å². The van der Waals surface area contributed by atoms with E-state index in [0.717, 1.165) is 11.6 Å². The Morgan fingerprint density at radius 1 is 1.18 bits per heavy atom. The fourth-order valence-electron chi connectivity index (χ4n) is 4.52. The number of carbonyl (C=O) groups excluding carboxylic acids is 1. The lowest BCUT2D eigenvalue weighted by Gasteiger charge is -2.25. The van der Waals surface area contributed by atoms with Gasteiger partial charge in [-0.25, -0.2) is 0 Å². The number of benzene rings is 2. The van der Waals surface area contributed by atoms with Crippen LogP contribution in [0.15, 0.2) is 61.8 Å². The number of hydrogen-bond donors (Lipinski definition) is 1. The van der Waals surface area contributed by atoms with Gasteiger partial charge in [-0.1, -0.05) is 23.7 Å². The highest BCUT2D eigenvalue weighted by Crippen LogP contribution is 2.35. The molecule has 0 aliphatic carbocycles. The number of aromatic amines is 1. The number of thioether (sulfide) groups is 1. The van der Waals surface area contributed by atoms with E-state index in [4.69, 9.17) is 16.1 Å². The SMILES string of the molecule is O=C1N=C(N2CCc3c(o[nH]c3=O)C2)SC1=Cc1ccc2c(cnn2Cc2ccc(Cl)cc2C(F)(F)F)c1. The normalized spacial score (nSPS) is 16.9. The minimum atomic E-state index is -4.54. The van der Waals surface area contributed by atoms with Gasteiger partial charge in [0.05, 0.1) is 40.8 Å². The fraction of sp³-hybridized carbons (Fsp3) is 0.200. The highest BCUT2D eigenvalue weighted by atomic mass is 35.5. The summed E-state index contributed by atoms with van der Waals surface area (Å²) in [5, 5.41) is 7.87. The molecule has 0 radical (unpaired) electrons. The molecule has 0 fully saturated rings. The second-order valence-corrected chi connectivity index (χ2v) is 10.3. The third-order valence-corrected chi connectivity index (χ3v) is 7.66. The molecule has 0 unspecified atom stereocenters. The molecule has 0 atom stereocenters. The van der Waals surface area contributed by atoms with E-state index in [1.54, 1.807) is 24.4 Å². The van der Waals surface area contributed by atoms with Crippen LogP contribution in [0.25, 0.3) is 17.0 Å². The zero-order valence-electron chi connectivity index (χ0n) is 19.4. The Hall–Kier alpha value is -3.77. The van der Waals surface area contributed by atoms with E-state index in [1.165, 1.54) is 28.6 Å². The molecule has 0 saturated carbocycles. The van der Waals surface area contributed by atoms with Crippen LogP contribution in [0.3, 0.4) is 0 Å². The maximum absolute atomic E-state index is 13.5. The number of nitrogens with zero attached hydrogens (tertiary/aromatic N) is 4. The zero-order chi connectivity index (χ0) is 26.6. The van der Waals surface area contributed by atoms with Crippen LogP contribution in [0, 0.1) is 0 Å². The minimum absolute atomic E-state index is 0.0108. The molecular formula is C25H17ClF3N5O3S. The first-order chi connectivity index (χ1) is 18.2. The van der Waals surface area contributed by atoms with Crippen molar-refractivity contribution < 1.29 is 22.5 Å². The molecule has 13 heteroatoms. The number of rotatable bonds is 3. The van der Waals surface area contributed by atoms with Crippen molar-refractivity contribution in [3.8, 4) is 0 Å². The summed E-state index contributed by atoms with van der Waals surface area (Å²) in [5.74, 6) is 0.169. The lowest BCUT2D eigenvalue weighted by molar-refractivity contribution is -0.138. The minimum Gasteiger partial charge on any atom is -0.381 e. The number of H-pyrrole nitrogens is 1.